The van der Waals surface area contributed by atoms with Gasteiger partial charge in [-0.25, -0.2) is 0 Å². The number of aryl methyl sites for hydroxylation is 1. The van der Waals surface area contributed by atoms with Gasteiger partial charge in [0.05, 0.1) is 12.3 Å². The third kappa shape index (κ3) is 5.75. The molecule has 1 heterocycles. The van der Waals surface area contributed by atoms with E-state index in [2.05, 4.69) is 21.2 Å². The number of carbonyl (C=O) groups is 2. The summed E-state index contributed by atoms with van der Waals surface area (Å²) in [6.07, 6.45) is 3.25. The van der Waals surface area contributed by atoms with Crippen molar-refractivity contribution in [1.82, 2.24) is 4.90 Å². The van der Waals surface area contributed by atoms with Gasteiger partial charge in [-0.05, 0) is 84.9 Å². The highest BCUT2D eigenvalue weighted by Crippen LogP contribution is 2.30. The van der Waals surface area contributed by atoms with E-state index in [1.807, 2.05) is 36.9 Å². The van der Waals surface area contributed by atoms with Gasteiger partial charge in [0, 0.05) is 23.1 Å². The minimum absolute atomic E-state index is 0.0248. The predicted octanol–water partition coefficient (Wildman–Crippen LogP) is 4.80. The highest BCUT2D eigenvalue weighted by molar-refractivity contribution is 9.10. The van der Waals surface area contributed by atoms with Crippen molar-refractivity contribution < 1.29 is 19.1 Å². The van der Waals surface area contributed by atoms with E-state index in [-0.39, 0.29) is 18.4 Å². The van der Waals surface area contributed by atoms with E-state index in [0.717, 1.165) is 36.0 Å². The van der Waals surface area contributed by atoms with Crippen LogP contribution in [-0.4, -0.2) is 43.0 Å². The Labute approximate surface area is 185 Å². The van der Waals surface area contributed by atoms with Crippen molar-refractivity contribution in [2.75, 3.05) is 31.6 Å². The molecule has 2 amide bonds. The van der Waals surface area contributed by atoms with Crippen LogP contribution in [0.5, 0.6) is 11.5 Å². The van der Waals surface area contributed by atoms with Gasteiger partial charge in [-0.15, -0.1) is 0 Å². The largest absolute Gasteiger partial charge is 0.490 e. The standard InChI is InChI=1S/C23H27BrN2O4/c1-3-29-21-14-17(23(28)25-19-9-7-16(2)13-18(19)24)8-10-20(21)30-15-22(27)26-11-5-4-6-12-26/h7-10,13-14H,3-6,11-12,15H2,1-2H3,(H,25,28). The Morgan fingerprint density at radius 2 is 1.80 bits per heavy atom. The Balaban J connectivity index is 1.69. The number of rotatable bonds is 7. The predicted molar refractivity (Wildman–Crippen MR) is 120 cm³/mol. The molecule has 2 aromatic carbocycles. The Kier molecular flexibility index (Phi) is 7.74. The molecule has 30 heavy (non-hydrogen) atoms. The summed E-state index contributed by atoms with van der Waals surface area (Å²) in [6.45, 7) is 5.80. The molecule has 0 aromatic heterocycles. The topological polar surface area (TPSA) is 67.9 Å². The molecule has 0 bridgehead atoms. The molecule has 6 nitrogen and oxygen atoms in total. The molecule has 0 saturated carbocycles. The smallest absolute Gasteiger partial charge is 0.260 e. The van der Waals surface area contributed by atoms with Crippen LogP contribution in [0.25, 0.3) is 0 Å². The van der Waals surface area contributed by atoms with Crippen LogP contribution in [0.4, 0.5) is 5.69 Å². The van der Waals surface area contributed by atoms with Crippen molar-refractivity contribution in [3.63, 3.8) is 0 Å². The van der Waals surface area contributed by atoms with Crippen LogP contribution in [0.2, 0.25) is 0 Å². The maximum atomic E-state index is 12.7. The van der Waals surface area contributed by atoms with Crippen LogP contribution in [0.15, 0.2) is 40.9 Å². The Hall–Kier alpha value is -2.54. The van der Waals surface area contributed by atoms with E-state index < -0.39 is 0 Å². The molecule has 2 aromatic rings. The van der Waals surface area contributed by atoms with E-state index in [4.69, 9.17) is 9.47 Å². The number of ether oxygens (including phenoxy) is 2. The molecule has 0 aliphatic carbocycles. The van der Waals surface area contributed by atoms with Gasteiger partial charge in [0.2, 0.25) is 0 Å². The molecule has 1 saturated heterocycles. The van der Waals surface area contributed by atoms with E-state index in [9.17, 15) is 9.59 Å². The van der Waals surface area contributed by atoms with E-state index in [1.165, 1.54) is 6.42 Å². The number of hydrogen-bond acceptors (Lipinski definition) is 4. The number of halogens is 1. The number of amides is 2. The van der Waals surface area contributed by atoms with Gasteiger partial charge in [0.15, 0.2) is 18.1 Å². The summed E-state index contributed by atoms with van der Waals surface area (Å²) in [7, 11) is 0. The zero-order valence-corrected chi connectivity index (χ0v) is 19.0. The maximum absolute atomic E-state index is 12.7. The molecular weight excluding hydrogens is 448 g/mol. The molecule has 0 atom stereocenters. The van der Waals surface area contributed by atoms with Gasteiger partial charge in [-0.1, -0.05) is 6.07 Å². The van der Waals surface area contributed by atoms with Crippen LogP contribution >= 0.6 is 15.9 Å². The summed E-state index contributed by atoms with van der Waals surface area (Å²) in [5, 5.41) is 2.89. The van der Waals surface area contributed by atoms with Gasteiger partial charge in [-0.3, -0.25) is 9.59 Å². The lowest BCUT2D eigenvalue weighted by Gasteiger charge is -2.26. The SMILES string of the molecule is CCOc1cc(C(=O)Nc2ccc(C)cc2Br)ccc1OCC(=O)N1CCCCC1. The van der Waals surface area contributed by atoms with E-state index >= 15 is 0 Å². The minimum Gasteiger partial charge on any atom is -0.490 e. The van der Waals surface area contributed by atoms with Crippen LogP contribution in [0.3, 0.4) is 0 Å². The number of nitrogens with zero attached hydrogens (tertiary/aromatic N) is 1. The summed E-state index contributed by atoms with van der Waals surface area (Å²) in [4.78, 5) is 26.9. The quantitative estimate of drug-likeness (QED) is 0.625. The average molecular weight is 475 g/mol. The fourth-order valence-corrected chi connectivity index (χ4v) is 3.92. The number of nitrogens with one attached hydrogen (secondary N) is 1. The molecule has 3 rings (SSSR count). The van der Waals surface area contributed by atoms with Crippen LogP contribution in [0.1, 0.15) is 42.1 Å². The second kappa shape index (κ2) is 10.5. The zero-order valence-electron chi connectivity index (χ0n) is 17.4. The highest BCUT2D eigenvalue weighted by atomic mass is 79.9. The number of hydrogen-bond donors (Lipinski definition) is 1. The van der Waals surface area contributed by atoms with Gasteiger partial charge < -0.3 is 19.7 Å². The molecule has 1 aliphatic heterocycles. The number of likely N-dealkylation sites (tertiary alicyclic amines) is 1. The van der Waals surface area contributed by atoms with Crippen LogP contribution in [-0.2, 0) is 4.79 Å². The van der Waals surface area contributed by atoms with Crippen molar-refractivity contribution >= 4 is 33.4 Å². The third-order valence-electron chi connectivity index (χ3n) is 4.94. The first-order chi connectivity index (χ1) is 14.5. The summed E-state index contributed by atoms with van der Waals surface area (Å²) in [5.41, 5.74) is 2.23. The summed E-state index contributed by atoms with van der Waals surface area (Å²) >= 11 is 3.47. The zero-order chi connectivity index (χ0) is 21.5. The van der Waals surface area contributed by atoms with E-state index in [0.29, 0.717) is 29.4 Å². The monoisotopic (exact) mass is 474 g/mol. The third-order valence-corrected chi connectivity index (χ3v) is 5.59. The molecule has 1 aliphatic rings. The van der Waals surface area contributed by atoms with Gasteiger partial charge in [-0.2, -0.15) is 0 Å². The maximum Gasteiger partial charge on any atom is 0.260 e. The number of benzene rings is 2. The molecule has 7 heteroatoms. The van der Waals surface area contributed by atoms with Crippen molar-refractivity contribution in [1.29, 1.82) is 0 Å². The second-order valence-corrected chi connectivity index (χ2v) is 8.12. The first-order valence-electron chi connectivity index (χ1n) is 10.2. The van der Waals surface area contributed by atoms with Crippen molar-refractivity contribution in [3.8, 4) is 11.5 Å². The Bertz CT molecular complexity index is 910. The van der Waals surface area contributed by atoms with Crippen LogP contribution < -0.4 is 14.8 Å². The average Bonchev–Trinajstić information content (AvgIpc) is 2.75. The fraction of sp³-hybridized carbons (Fsp3) is 0.391. The lowest BCUT2D eigenvalue weighted by atomic mass is 10.1. The molecule has 1 fully saturated rings. The number of piperidine rings is 1. The highest BCUT2D eigenvalue weighted by Gasteiger charge is 2.18. The molecule has 1 N–H and O–H groups in total. The lowest BCUT2D eigenvalue weighted by Crippen LogP contribution is -2.38. The molecular formula is C23H27BrN2O4. The Morgan fingerprint density at radius 1 is 1.03 bits per heavy atom. The molecule has 0 radical (unpaired) electrons. The van der Waals surface area contributed by atoms with Gasteiger partial charge in [0.25, 0.3) is 11.8 Å². The number of carbonyl (C=O) groups excluding carboxylic acids is 2. The molecule has 0 spiro atoms. The van der Waals surface area contributed by atoms with Crippen molar-refractivity contribution in [3.05, 3.63) is 52.0 Å². The summed E-state index contributed by atoms with van der Waals surface area (Å²) < 4.78 is 12.2. The Morgan fingerprint density at radius 3 is 2.50 bits per heavy atom. The number of anilines is 1. The fourth-order valence-electron chi connectivity index (χ4n) is 3.33. The summed E-state index contributed by atoms with van der Waals surface area (Å²) in [6, 6.07) is 10.7. The van der Waals surface area contributed by atoms with Gasteiger partial charge in [0.1, 0.15) is 0 Å². The summed E-state index contributed by atoms with van der Waals surface area (Å²) in [5.74, 6) is 0.620. The minimum atomic E-state index is -0.253. The van der Waals surface area contributed by atoms with Crippen molar-refractivity contribution in [2.45, 2.75) is 33.1 Å². The first-order valence-corrected chi connectivity index (χ1v) is 11.0. The normalized spacial score (nSPS) is 13.6. The molecule has 0 unspecified atom stereocenters. The first kappa shape index (κ1) is 22.2. The van der Waals surface area contributed by atoms with Gasteiger partial charge >= 0.3 is 0 Å². The molecule has 160 valence electrons. The van der Waals surface area contributed by atoms with Crippen molar-refractivity contribution in [2.24, 2.45) is 0 Å². The van der Waals surface area contributed by atoms with E-state index in [1.54, 1.807) is 18.2 Å². The lowest BCUT2D eigenvalue weighted by molar-refractivity contribution is -0.134. The van der Waals surface area contributed by atoms with Crippen LogP contribution in [0, 0.1) is 6.92 Å². The second-order valence-electron chi connectivity index (χ2n) is 7.26.